The summed E-state index contributed by atoms with van der Waals surface area (Å²) in [5.41, 5.74) is 8.19. The second-order valence-corrected chi connectivity index (χ2v) is 5.25. The minimum atomic E-state index is 0.588. The molecule has 94 valence electrons. The molecule has 2 unspecified atom stereocenters. The van der Waals surface area contributed by atoms with E-state index in [1.54, 1.807) is 0 Å². The molecule has 3 nitrogen and oxygen atoms in total. The molecule has 0 aromatic carbocycles. The van der Waals surface area contributed by atoms with Gasteiger partial charge in [-0.3, -0.25) is 4.98 Å². The van der Waals surface area contributed by atoms with Crippen LogP contribution in [0.5, 0.6) is 0 Å². The molecular formula is C14H23N3. The molecule has 1 heterocycles. The Hall–Kier alpha value is -1.09. The summed E-state index contributed by atoms with van der Waals surface area (Å²) >= 11 is 0. The third kappa shape index (κ3) is 2.78. The first kappa shape index (κ1) is 12.4. The number of nitrogens with two attached hydrogens (primary N) is 1. The first-order valence-corrected chi connectivity index (χ1v) is 6.58. The Morgan fingerprint density at radius 1 is 1.47 bits per heavy atom. The first-order chi connectivity index (χ1) is 8.22. The van der Waals surface area contributed by atoms with Gasteiger partial charge < -0.3 is 10.6 Å². The molecule has 0 spiro atoms. The van der Waals surface area contributed by atoms with Crippen molar-refractivity contribution in [2.45, 2.75) is 45.2 Å². The lowest BCUT2D eigenvalue weighted by atomic mass is 9.86. The van der Waals surface area contributed by atoms with Gasteiger partial charge in [-0.25, -0.2) is 0 Å². The number of rotatable bonds is 3. The average molecular weight is 233 g/mol. The van der Waals surface area contributed by atoms with Gasteiger partial charge in [0.2, 0.25) is 0 Å². The Labute approximate surface area is 104 Å². The molecule has 1 aliphatic rings. The Kier molecular flexibility index (Phi) is 4.00. The SMILES string of the molecule is CC1CCCC(N(C)c2cnccc2CN)C1. The maximum atomic E-state index is 5.79. The summed E-state index contributed by atoms with van der Waals surface area (Å²) in [7, 11) is 2.18. The van der Waals surface area contributed by atoms with E-state index in [0.717, 1.165) is 5.92 Å². The predicted octanol–water partition coefficient (Wildman–Crippen LogP) is 2.56. The zero-order valence-corrected chi connectivity index (χ0v) is 10.9. The highest BCUT2D eigenvalue weighted by molar-refractivity contribution is 5.51. The first-order valence-electron chi connectivity index (χ1n) is 6.58. The fourth-order valence-corrected chi connectivity index (χ4v) is 2.86. The van der Waals surface area contributed by atoms with E-state index in [0.29, 0.717) is 12.6 Å². The minimum Gasteiger partial charge on any atom is -0.370 e. The van der Waals surface area contributed by atoms with E-state index < -0.39 is 0 Å². The average Bonchev–Trinajstić information content (AvgIpc) is 2.38. The normalized spacial score (nSPS) is 24.6. The number of hydrogen-bond acceptors (Lipinski definition) is 3. The van der Waals surface area contributed by atoms with Crippen LogP contribution in [0.15, 0.2) is 18.5 Å². The maximum Gasteiger partial charge on any atom is 0.0598 e. The van der Waals surface area contributed by atoms with Gasteiger partial charge in [-0.2, -0.15) is 0 Å². The molecule has 0 aliphatic heterocycles. The van der Waals surface area contributed by atoms with E-state index in [-0.39, 0.29) is 0 Å². The highest BCUT2D eigenvalue weighted by Gasteiger charge is 2.23. The third-order valence-corrected chi connectivity index (χ3v) is 3.94. The standard InChI is InChI=1S/C14H23N3/c1-11-4-3-5-13(8-11)17(2)14-10-16-7-6-12(14)9-15/h6-7,10-11,13H,3-5,8-9,15H2,1-2H3. The quantitative estimate of drug-likeness (QED) is 0.872. The van der Waals surface area contributed by atoms with Crippen molar-refractivity contribution in [1.29, 1.82) is 0 Å². The Morgan fingerprint density at radius 3 is 3.00 bits per heavy atom. The highest BCUT2D eigenvalue weighted by Crippen LogP contribution is 2.30. The molecule has 1 saturated carbocycles. The predicted molar refractivity (Wildman–Crippen MR) is 72.0 cm³/mol. The van der Waals surface area contributed by atoms with Crippen molar-refractivity contribution < 1.29 is 0 Å². The molecule has 3 heteroatoms. The van der Waals surface area contributed by atoms with Crippen LogP contribution in [0.1, 0.15) is 38.2 Å². The summed E-state index contributed by atoms with van der Waals surface area (Å²) in [5, 5.41) is 0. The molecule has 17 heavy (non-hydrogen) atoms. The molecule has 1 aromatic heterocycles. The van der Waals surface area contributed by atoms with Crippen LogP contribution in [0.3, 0.4) is 0 Å². The zero-order chi connectivity index (χ0) is 12.3. The Morgan fingerprint density at radius 2 is 2.29 bits per heavy atom. The van der Waals surface area contributed by atoms with Crippen molar-refractivity contribution in [3.8, 4) is 0 Å². The summed E-state index contributed by atoms with van der Waals surface area (Å²) in [6.07, 6.45) is 9.06. The molecule has 0 saturated heterocycles. The highest BCUT2D eigenvalue weighted by atomic mass is 15.1. The van der Waals surface area contributed by atoms with Gasteiger partial charge in [-0.1, -0.05) is 19.8 Å². The van der Waals surface area contributed by atoms with Crippen LogP contribution >= 0.6 is 0 Å². The Bertz CT molecular complexity index is 364. The van der Waals surface area contributed by atoms with Gasteiger partial charge in [-0.15, -0.1) is 0 Å². The molecule has 2 atom stereocenters. The van der Waals surface area contributed by atoms with Crippen LogP contribution in [-0.4, -0.2) is 18.1 Å². The van der Waals surface area contributed by atoms with E-state index in [1.807, 2.05) is 18.5 Å². The van der Waals surface area contributed by atoms with Crippen LogP contribution in [0.4, 0.5) is 5.69 Å². The van der Waals surface area contributed by atoms with Gasteiger partial charge in [0, 0.05) is 25.8 Å². The number of anilines is 1. The fourth-order valence-electron chi connectivity index (χ4n) is 2.86. The smallest absolute Gasteiger partial charge is 0.0598 e. The maximum absolute atomic E-state index is 5.79. The summed E-state index contributed by atoms with van der Waals surface area (Å²) in [4.78, 5) is 6.61. The molecule has 0 bridgehead atoms. The van der Waals surface area contributed by atoms with E-state index in [1.165, 1.54) is 36.9 Å². The fraction of sp³-hybridized carbons (Fsp3) is 0.643. The lowest BCUT2D eigenvalue weighted by molar-refractivity contribution is 0.336. The van der Waals surface area contributed by atoms with Crippen molar-refractivity contribution in [2.75, 3.05) is 11.9 Å². The third-order valence-electron chi connectivity index (χ3n) is 3.94. The summed E-state index contributed by atoms with van der Waals surface area (Å²) < 4.78 is 0. The van der Waals surface area contributed by atoms with Crippen LogP contribution in [0, 0.1) is 5.92 Å². The van der Waals surface area contributed by atoms with E-state index in [2.05, 4.69) is 23.9 Å². The minimum absolute atomic E-state index is 0.588. The van der Waals surface area contributed by atoms with Crippen molar-refractivity contribution >= 4 is 5.69 Å². The van der Waals surface area contributed by atoms with E-state index in [4.69, 9.17) is 5.73 Å². The summed E-state index contributed by atoms with van der Waals surface area (Å²) in [6, 6.07) is 2.67. The summed E-state index contributed by atoms with van der Waals surface area (Å²) in [5.74, 6) is 0.842. The molecule has 2 rings (SSSR count). The van der Waals surface area contributed by atoms with E-state index in [9.17, 15) is 0 Å². The van der Waals surface area contributed by atoms with Gasteiger partial charge in [-0.05, 0) is 30.4 Å². The molecule has 0 radical (unpaired) electrons. The monoisotopic (exact) mass is 233 g/mol. The van der Waals surface area contributed by atoms with Gasteiger partial charge in [0.05, 0.1) is 11.9 Å². The molecule has 1 aliphatic carbocycles. The van der Waals surface area contributed by atoms with Crippen LogP contribution in [0.2, 0.25) is 0 Å². The van der Waals surface area contributed by atoms with Gasteiger partial charge in [0.1, 0.15) is 0 Å². The lowest BCUT2D eigenvalue weighted by Gasteiger charge is -2.36. The van der Waals surface area contributed by atoms with Gasteiger partial charge >= 0.3 is 0 Å². The second-order valence-electron chi connectivity index (χ2n) is 5.25. The van der Waals surface area contributed by atoms with Crippen LogP contribution in [-0.2, 0) is 6.54 Å². The largest absolute Gasteiger partial charge is 0.370 e. The summed E-state index contributed by atoms with van der Waals surface area (Å²) in [6.45, 7) is 2.94. The van der Waals surface area contributed by atoms with Crippen molar-refractivity contribution in [2.24, 2.45) is 11.7 Å². The Balaban J connectivity index is 2.15. The van der Waals surface area contributed by atoms with E-state index >= 15 is 0 Å². The van der Waals surface area contributed by atoms with Crippen LogP contribution < -0.4 is 10.6 Å². The number of nitrogens with zero attached hydrogens (tertiary/aromatic N) is 2. The van der Waals surface area contributed by atoms with Crippen LogP contribution in [0.25, 0.3) is 0 Å². The lowest BCUT2D eigenvalue weighted by Crippen LogP contribution is -2.36. The number of aromatic nitrogens is 1. The molecule has 0 amide bonds. The topological polar surface area (TPSA) is 42.2 Å². The number of hydrogen-bond donors (Lipinski definition) is 1. The molecule has 1 aromatic rings. The number of pyridine rings is 1. The zero-order valence-electron chi connectivity index (χ0n) is 10.9. The van der Waals surface area contributed by atoms with Crippen molar-refractivity contribution in [3.63, 3.8) is 0 Å². The molecule has 2 N–H and O–H groups in total. The second kappa shape index (κ2) is 5.50. The van der Waals surface area contributed by atoms with Gasteiger partial charge in [0.15, 0.2) is 0 Å². The molecular weight excluding hydrogens is 210 g/mol. The van der Waals surface area contributed by atoms with Gasteiger partial charge in [0.25, 0.3) is 0 Å². The molecule has 1 fully saturated rings. The van der Waals surface area contributed by atoms with Crippen molar-refractivity contribution in [3.05, 3.63) is 24.0 Å². The van der Waals surface area contributed by atoms with Crippen molar-refractivity contribution in [1.82, 2.24) is 4.98 Å².